The summed E-state index contributed by atoms with van der Waals surface area (Å²) >= 11 is 0. The zero-order chi connectivity index (χ0) is 16.8. The molecule has 0 aliphatic carbocycles. The zero-order valence-electron chi connectivity index (χ0n) is 13.5. The van der Waals surface area contributed by atoms with E-state index in [9.17, 15) is 4.79 Å². The molecule has 4 nitrogen and oxygen atoms in total. The Morgan fingerprint density at radius 3 is 2.21 bits per heavy atom. The molecule has 0 aliphatic heterocycles. The third kappa shape index (κ3) is 3.66. The molecular weight excluding hydrogens is 298 g/mol. The van der Waals surface area contributed by atoms with Gasteiger partial charge in [0.15, 0.2) is 0 Å². The van der Waals surface area contributed by atoms with Gasteiger partial charge in [0.25, 0.3) is 5.91 Å². The number of hydrogen-bond donors (Lipinski definition) is 0. The van der Waals surface area contributed by atoms with Gasteiger partial charge in [-0.1, -0.05) is 30.3 Å². The average molecular weight is 317 g/mol. The van der Waals surface area contributed by atoms with Crippen molar-refractivity contribution in [2.75, 3.05) is 0 Å². The van der Waals surface area contributed by atoms with E-state index >= 15 is 0 Å². The molecule has 24 heavy (non-hydrogen) atoms. The minimum absolute atomic E-state index is 0.0283. The number of carbonyl (C=O) groups excluding carboxylic acids is 1. The molecule has 120 valence electrons. The molecule has 0 fully saturated rings. The fourth-order valence-corrected chi connectivity index (χ4v) is 2.58. The highest BCUT2D eigenvalue weighted by atomic mass is 16.2. The fraction of sp³-hybridized carbons (Fsp3) is 0.150. The van der Waals surface area contributed by atoms with Crippen molar-refractivity contribution >= 4 is 5.91 Å². The summed E-state index contributed by atoms with van der Waals surface area (Å²) in [5, 5.41) is 0. The van der Waals surface area contributed by atoms with E-state index in [0.29, 0.717) is 12.1 Å². The first-order chi connectivity index (χ1) is 11.8. The normalized spacial score (nSPS) is 11.7. The number of carbonyl (C=O) groups is 1. The average Bonchev–Trinajstić information content (AvgIpc) is 2.67. The van der Waals surface area contributed by atoms with Crippen molar-refractivity contribution in [1.29, 1.82) is 0 Å². The fourth-order valence-electron chi connectivity index (χ4n) is 2.58. The van der Waals surface area contributed by atoms with Gasteiger partial charge < -0.3 is 4.90 Å². The number of benzene rings is 1. The first-order valence-corrected chi connectivity index (χ1v) is 7.92. The van der Waals surface area contributed by atoms with Crippen molar-refractivity contribution in [3.8, 4) is 0 Å². The Morgan fingerprint density at radius 1 is 0.917 bits per heavy atom. The highest BCUT2D eigenvalue weighted by molar-refractivity contribution is 5.94. The van der Waals surface area contributed by atoms with Crippen molar-refractivity contribution in [3.05, 3.63) is 96.1 Å². The lowest BCUT2D eigenvalue weighted by molar-refractivity contribution is 0.0667. The predicted octanol–water partition coefficient (Wildman–Crippen LogP) is 3.88. The van der Waals surface area contributed by atoms with Crippen LogP contribution in [0.15, 0.2) is 79.1 Å². The van der Waals surface area contributed by atoms with Crippen LogP contribution in [0.1, 0.15) is 34.7 Å². The van der Waals surface area contributed by atoms with Gasteiger partial charge in [-0.05, 0) is 43.3 Å². The van der Waals surface area contributed by atoms with E-state index in [4.69, 9.17) is 0 Å². The van der Waals surface area contributed by atoms with Crippen molar-refractivity contribution in [1.82, 2.24) is 14.9 Å². The van der Waals surface area contributed by atoms with E-state index < -0.39 is 0 Å². The van der Waals surface area contributed by atoms with Crippen molar-refractivity contribution < 1.29 is 4.79 Å². The van der Waals surface area contributed by atoms with Crippen molar-refractivity contribution in [2.24, 2.45) is 0 Å². The third-order valence-corrected chi connectivity index (χ3v) is 3.92. The van der Waals surface area contributed by atoms with Crippen LogP contribution in [0.25, 0.3) is 0 Å². The number of rotatable bonds is 5. The smallest absolute Gasteiger partial charge is 0.254 e. The SMILES string of the molecule is CC(c1ccccn1)N(Cc1ccccn1)C(=O)c1ccccc1. The molecule has 1 aromatic carbocycles. The van der Waals surface area contributed by atoms with Crippen molar-refractivity contribution in [2.45, 2.75) is 19.5 Å². The molecule has 3 aromatic rings. The van der Waals surface area contributed by atoms with Gasteiger partial charge in [-0.3, -0.25) is 14.8 Å². The van der Waals surface area contributed by atoms with Gasteiger partial charge in [0.05, 0.1) is 24.0 Å². The van der Waals surface area contributed by atoms with Gasteiger partial charge in [0.2, 0.25) is 0 Å². The summed E-state index contributed by atoms with van der Waals surface area (Å²) in [7, 11) is 0. The molecule has 3 rings (SSSR count). The first-order valence-electron chi connectivity index (χ1n) is 7.92. The van der Waals surface area contributed by atoms with Gasteiger partial charge in [-0.2, -0.15) is 0 Å². The molecule has 1 amide bonds. The number of nitrogens with zero attached hydrogens (tertiary/aromatic N) is 3. The molecule has 1 atom stereocenters. The molecule has 0 aliphatic rings. The molecule has 0 spiro atoms. The van der Waals surface area contributed by atoms with Gasteiger partial charge in [-0.15, -0.1) is 0 Å². The van der Waals surface area contributed by atoms with Gasteiger partial charge >= 0.3 is 0 Å². The van der Waals surface area contributed by atoms with Crippen LogP contribution in [0.4, 0.5) is 0 Å². The second kappa shape index (κ2) is 7.51. The molecule has 0 radical (unpaired) electrons. The lowest BCUT2D eigenvalue weighted by atomic mass is 10.1. The summed E-state index contributed by atoms with van der Waals surface area (Å²) in [5.41, 5.74) is 2.37. The van der Waals surface area contributed by atoms with E-state index in [-0.39, 0.29) is 11.9 Å². The molecule has 0 N–H and O–H groups in total. The summed E-state index contributed by atoms with van der Waals surface area (Å²) in [5.74, 6) is -0.0283. The largest absolute Gasteiger partial charge is 0.324 e. The predicted molar refractivity (Wildman–Crippen MR) is 93.2 cm³/mol. The van der Waals surface area contributed by atoms with E-state index in [0.717, 1.165) is 11.4 Å². The second-order valence-corrected chi connectivity index (χ2v) is 5.55. The van der Waals surface area contributed by atoms with Crippen LogP contribution in [-0.4, -0.2) is 20.8 Å². The van der Waals surface area contributed by atoms with E-state index in [1.807, 2.05) is 73.7 Å². The standard InChI is InChI=1S/C20H19N3O/c1-16(19-12-6-8-14-22-19)23(15-18-11-5-7-13-21-18)20(24)17-9-3-2-4-10-17/h2-14,16H,15H2,1H3. The summed E-state index contributed by atoms with van der Waals surface area (Å²) < 4.78 is 0. The van der Waals surface area contributed by atoms with Crippen LogP contribution in [0.3, 0.4) is 0 Å². The molecule has 0 bridgehead atoms. The highest BCUT2D eigenvalue weighted by Crippen LogP contribution is 2.22. The molecule has 4 heteroatoms. The molecule has 1 unspecified atom stereocenters. The minimum Gasteiger partial charge on any atom is -0.324 e. The number of amides is 1. The van der Waals surface area contributed by atoms with Crippen LogP contribution in [-0.2, 0) is 6.54 Å². The molecule has 0 saturated heterocycles. The minimum atomic E-state index is -0.152. The second-order valence-electron chi connectivity index (χ2n) is 5.55. The third-order valence-electron chi connectivity index (χ3n) is 3.92. The first kappa shape index (κ1) is 15.9. The van der Waals surface area contributed by atoms with Gasteiger partial charge in [0, 0.05) is 18.0 Å². The maximum absolute atomic E-state index is 13.0. The van der Waals surface area contributed by atoms with Crippen LogP contribution < -0.4 is 0 Å². The van der Waals surface area contributed by atoms with Crippen LogP contribution in [0, 0.1) is 0 Å². The Kier molecular flexibility index (Phi) is 4.96. The number of aromatic nitrogens is 2. The Hall–Kier alpha value is -3.01. The molecule has 0 saturated carbocycles. The summed E-state index contributed by atoms with van der Waals surface area (Å²) in [6.45, 7) is 2.43. The summed E-state index contributed by atoms with van der Waals surface area (Å²) in [4.78, 5) is 23.6. The number of hydrogen-bond acceptors (Lipinski definition) is 3. The van der Waals surface area contributed by atoms with E-state index in [1.165, 1.54) is 0 Å². The lowest BCUT2D eigenvalue weighted by Gasteiger charge is -2.29. The topological polar surface area (TPSA) is 46.1 Å². The quantitative estimate of drug-likeness (QED) is 0.717. The van der Waals surface area contributed by atoms with Crippen LogP contribution in [0.5, 0.6) is 0 Å². The maximum Gasteiger partial charge on any atom is 0.254 e. The Labute approximate surface area is 141 Å². The molecular formula is C20H19N3O. The van der Waals surface area contributed by atoms with Gasteiger partial charge in [0.1, 0.15) is 0 Å². The molecule has 2 aromatic heterocycles. The molecule has 2 heterocycles. The highest BCUT2D eigenvalue weighted by Gasteiger charge is 2.24. The Bertz CT molecular complexity index is 776. The van der Waals surface area contributed by atoms with E-state index in [1.54, 1.807) is 17.3 Å². The van der Waals surface area contributed by atoms with Crippen LogP contribution in [0.2, 0.25) is 0 Å². The van der Waals surface area contributed by atoms with Crippen molar-refractivity contribution in [3.63, 3.8) is 0 Å². The van der Waals surface area contributed by atoms with Crippen LogP contribution >= 0.6 is 0 Å². The van der Waals surface area contributed by atoms with Gasteiger partial charge in [-0.25, -0.2) is 0 Å². The Balaban J connectivity index is 1.93. The van der Waals surface area contributed by atoms with E-state index in [2.05, 4.69) is 9.97 Å². The number of pyridine rings is 2. The Morgan fingerprint density at radius 2 is 1.58 bits per heavy atom. The lowest BCUT2D eigenvalue weighted by Crippen LogP contribution is -2.33. The maximum atomic E-state index is 13.0. The summed E-state index contributed by atoms with van der Waals surface area (Å²) in [6.07, 6.45) is 3.49. The monoisotopic (exact) mass is 317 g/mol. The summed E-state index contributed by atoms with van der Waals surface area (Å²) in [6, 6.07) is 20.6. The zero-order valence-corrected chi connectivity index (χ0v) is 13.5.